The molecule has 0 radical (unpaired) electrons. The molecule has 0 unspecified atom stereocenters. The molecule has 4 nitrogen and oxygen atoms in total. The van der Waals surface area contributed by atoms with E-state index in [1.807, 2.05) is 18.2 Å². The minimum Gasteiger partial charge on any atom is -0.449 e. The topological polar surface area (TPSA) is 55.4 Å². The van der Waals surface area contributed by atoms with Gasteiger partial charge in [-0.05, 0) is 55.5 Å². The summed E-state index contributed by atoms with van der Waals surface area (Å²) in [6, 6.07) is 14.6. The second kappa shape index (κ2) is 7.70. The number of hydrogen-bond donors (Lipinski definition) is 1. The number of fused-ring (bicyclic) bond motifs is 1. The Balaban J connectivity index is 1.63. The summed E-state index contributed by atoms with van der Waals surface area (Å²) in [5, 5.41) is 3.45. The van der Waals surface area contributed by atoms with Crippen molar-refractivity contribution in [3.05, 3.63) is 70.2 Å². The standard InChI is InChI=1S/C20H20ClNO3/c1-13(25-20(24)15-8-4-9-16(21)12-15)19(23)22-18-11-5-7-14-6-2-3-10-17(14)18/h2-4,6,8-10,12-13,18H,5,7,11H2,1H3,(H,22,23)/t13-,18-/m1/s1. The molecule has 1 aliphatic rings. The highest BCUT2D eigenvalue weighted by Gasteiger charge is 2.25. The van der Waals surface area contributed by atoms with Crippen molar-refractivity contribution in [3.63, 3.8) is 0 Å². The van der Waals surface area contributed by atoms with Crippen LogP contribution in [0.15, 0.2) is 48.5 Å². The van der Waals surface area contributed by atoms with Crippen LogP contribution in [-0.2, 0) is 16.0 Å². The van der Waals surface area contributed by atoms with E-state index in [0.29, 0.717) is 10.6 Å². The van der Waals surface area contributed by atoms with Crippen LogP contribution in [0.1, 0.15) is 47.3 Å². The Labute approximate surface area is 152 Å². The van der Waals surface area contributed by atoms with Gasteiger partial charge in [-0.15, -0.1) is 0 Å². The number of esters is 1. The second-order valence-electron chi connectivity index (χ2n) is 6.21. The average molecular weight is 358 g/mol. The summed E-state index contributed by atoms with van der Waals surface area (Å²) in [6.07, 6.45) is 2.07. The van der Waals surface area contributed by atoms with E-state index in [-0.39, 0.29) is 11.9 Å². The molecule has 0 saturated heterocycles. The zero-order valence-corrected chi connectivity index (χ0v) is 14.8. The first-order valence-electron chi connectivity index (χ1n) is 8.39. The lowest BCUT2D eigenvalue weighted by Gasteiger charge is -2.27. The third-order valence-electron chi connectivity index (χ3n) is 4.40. The Hall–Kier alpha value is -2.33. The van der Waals surface area contributed by atoms with Crippen LogP contribution in [0.25, 0.3) is 0 Å². The predicted molar refractivity (Wildman–Crippen MR) is 96.6 cm³/mol. The fraction of sp³-hybridized carbons (Fsp3) is 0.300. The molecule has 0 saturated carbocycles. The zero-order valence-electron chi connectivity index (χ0n) is 14.0. The van der Waals surface area contributed by atoms with Crippen LogP contribution in [0.4, 0.5) is 0 Å². The van der Waals surface area contributed by atoms with Crippen molar-refractivity contribution >= 4 is 23.5 Å². The summed E-state index contributed by atoms with van der Waals surface area (Å²) < 4.78 is 5.27. The lowest BCUT2D eigenvalue weighted by Crippen LogP contribution is -2.39. The number of benzene rings is 2. The first-order chi connectivity index (χ1) is 12.0. The number of ether oxygens (including phenoxy) is 1. The Bertz CT molecular complexity index is 790. The molecule has 5 heteroatoms. The van der Waals surface area contributed by atoms with Gasteiger partial charge in [0, 0.05) is 5.02 Å². The molecule has 1 N–H and O–H groups in total. The van der Waals surface area contributed by atoms with Crippen molar-refractivity contribution in [1.82, 2.24) is 5.32 Å². The van der Waals surface area contributed by atoms with Gasteiger partial charge in [-0.1, -0.05) is 41.9 Å². The van der Waals surface area contributed by atoms with Gasteiger partial charge in [0.2, 0.25) is 0 Å². The smallest absolute Gasteiger partial charge is 0.338 e. The maximum absolute atomic E-state index is 12.4. The molecule has 0 bridgehead atoms. The van der Waals surface area contributed by atoms with Gasteiger partial charge in [0.15, 0.2) is 6.10 Å². The van der Waals surface area contributed by atoms with E-state index in [9.17, 15) is 9.59 Å². The number of nitrogens with one attached hydrogen (secondary N) is 1. The summed E-state index contributed by atoms with van der Waals surface area (Å²) in [5.41, 5.74) is 2.74. The van der Waals surface area contributed by atoms with E-state index in [1.165, 1.54) is 11.6 Å². The second-order valence-corrected chi connectivity index (χ2v) is 6.65. The normalized spacial score (nSPS) is 17.3. The van der Waals surface area contributed by atoms with Gasteiger partial charge in [-0.25, -0.2) is 4.79 Å². The van der Waals surface area contributed by atoms with Crippen molar-refractivity contribution in [1.29, 1.82) is 0 Å². The molecule has 0 aliphatic heterocycles. The lowest BCUT2D eigenvalue weighted by atomic mass is 9.87. The minimum atomic E-state index is -0.874. The number of amides is 1. The zero-order chi connectivity index (χ0) is 17.8. The predicted octanol–water partition coefficient (Wildman–Crippen LogP) is 4.08. The summed E-state index contributed by atoms with van der Waals surface area (Å²) in [7, 11) is 0. The molecule has 2 aromatic carbocycles. The molecule has 2 atom stereocenters. The van der Waals surface area contributed by atoms with Gasteiger partial charge >= 0.3 is 5.97 Å². The monoisotopic (exact) mass is 357 g/mol. The summed E-state index contributed by atoms with van der Waals surface area (Å²) >= 11 is 5.88. The quantitative estimate of drug-likeness (QED) is 0.839. The van der Waals surface area contributed by atoms with E-state index in [4.69, 9.17) is 16.3 Å². The number of carbonyl (C=O) groups is 2. The van der Waals surface area contributed by atoms with Crippen LogP contribution in [0.5, 0.6) is 0 Å². The average Bonchev–Trinajstić information content (AvgIpc) is 2.62. The summed E-state index contributed by atoms with van der Waals surface area (Å²) in [4.78, 5) is 24.6. The lowest BCUT2D eigenvalue weighted by molar-refractivity contribution is -0.130. The molecule has 0 heterocycles. The van der Waals surface area contributed by atoms with Gasteiger partial charge in [0.05, 0.1) is 11.6 Å². The molecular formula is C20H20ClNO3. The number of aryl methyl sites for hydroxylation is 1. The minimum absolute atomic E-state index is 0.0372. The molecule has 25 heavy (non-hydrogen) atoms. The Morgan fingerprint density at radius 2 is 2.00 bits per heavy atom. The third kappa shape index (κ3) is 4.20. The van der Waals surface area contributed by atoms with E-state index in [2.05, 4.69) is 11.4 Å². The van der Waals surface area contributed by atoms with E-state index in [1.54, 1.807) is 25.1 Å². The van der Waals surface area contributed by atoms with Crippen molar-refractivity contribution < 1.29 is 14.3 Å². The van der Waals surface area contributed by atoms with Crippen LogP contribution >= 0.6 is 11.6 Å². The van der Waals surface area contributed by atoms with E-state index < -0.39 is 12.1 Å². The van der Waals surface area contributed by atoms with Gasteiger partial charge in [-0.2, -0.15) is 0 Å². The molecule has 3 rings (SSSR count). The van der Waals surface area contributed by atoms with Crippen LogP contribution in [-0.4, -0.2) is 18.0 Å². The first kappa shape index (κ1) is 17.5. The molecule has 1 amide bonds. The Kier molecular flexibility index (Phi) is 5.39. The van der Waals surface area contributed by atoms with Crippen LogP contribution in [0.3, 0.4) is 0 Å². The molecular weight excluding hydrogens is 338 g/mol. The maximum Gasteiger partial charge on any atom is 0.338 e. The highest BCUT2D eigenvalue weighted by molar-refractivity contribution is 6.30. The highest BCUT2D eigenvalue weighted by atomic mass is 35.5. The third-order valence-corrected chi connectivity index (χ3v) is 4.63. The van der Waals surface area contributed by atoms with E-state index >= 15 is 0 Å². The van der Waals surface area contributed by atoms with Crippen molar-refractivity contribution in [3.8, 4) is 0 Å². The van der Waals surface area contributed by atoms with Crippen molar-refractivity contribution in [2.45, 2.75) is 38.3 Å². The highest BCUT2D eigenvalue weighted by Crippen LogP contribution is 2.29. The van der Waals surface area contributed by atoms with Gasteiger partial charge in [-0.3, -0.25) is 4.79 Å². The molecule has 0 spiro atoms. The van der Waals surface area contributed by atoms with Gasteiger partial charge in [0.25, 0.3) is 5.91 Å². The number of halogens is 1. The Morgan fingerprint density at radius 3 is 2.80 bits per heavy atom. The number of hydrogen-bond acceptors (Lipinski definition) is 3. The molecule has 130 valence electrons. The maximum atomic E-state index is 12.4. The molecule has 1 aliphatic carbocycles. The first-order valence-corrected chi connectivity index (χ1v) is 8.77. The number of rotatable bonds is 4. The Morgan fingerprint density at radius 1 is 1.20 bits per heavy atom. The van der Waals surface area contributed by atoms with E-state index in [0.717, 1.165) is 24.8 Å². The molecule has 0 fully saturated rings. The van der Waals surface area contributed by atoms with Gasteiger partial charge in [0.1, 0.15) is 0 Å². The fourth-order valence-corrected chi connectivity index (χ4v) is 3.28. The van der Waals surface area contributed by atoms with Crippen LogP contribution in [0, 0.1) is 0 Å². The SMILES string of the molecule is C[C@@H](OC(=O)c1cccc(Cl)c1)C(=O)N[C@@H]1CCCc2ccccc21. The van der Waals surface area contributed by atoms with Crippen molar-refractivity contribution in [2.75, 3.05) is 0 Å². The summed E-state index contributed by atoms with van der Waals surface area (Å²) in [5.74, 6) is -0.855. The molecule has 2 aromatic rings. The van der Waals surface area contributed by atoms with Gasteiger partial charge < -0.3 is 10.1 Å². The van der Waals surface area contributed by atoms with Crippen LogP contribution in [0.2, 0.25) is 5.02 Å². The number of carbonyl (C=O) groups excluding carboxylic acids is 2. The van der Waals surface area contributed by atoms with Crippen LogP contribution < -0.4 is 5.32 Å². The van der Waals surface area contributed by atoms with Crippen molar-refractivity contribution in [2.24, 2.45) is 0 Å². The molecule has 0 aromatic heterocycles. The summed E-state index contributed by atoms with van der Waals surface area (Å²) in [6.45, 7) is 1.58. The fourth-order valence-electron chi connectivity index (χ4n) is 3.09. The largest absolute Gasteiger partial charge is 0.449 e.